The van der Waals surface area contributed by atoms with Gasteiger partial charge >= 0.3 is 0 Å². The highest BCUT2D eigenvalue weighted by atomic mass is 16.1. The van der Waals surface area contributed by atoms with Crippen LogP contribution >= 0.6 is 0 Å². The number of aromatic amines is 1. The molecule has 4 rings (SSSR count). The van der Waals surface area contributed by atoms with E-state index in [1.807, 2.05) is 24.5 Å². The van der Waals surface area contributed by atoms with E-state index in [9.17, 15) is 4.79 Å². The number of nitrogens with zero attached hydrogens (tertiary/aromatic N) is 2. The highest BCUT2D eigenvalue weighted by Gasteiger charge is 2.12. The van der Waals surface area contributed by atoms with Crippen LogP contribution in [-0.4, -0.2) is 40.4 Å². The average molecular weight is 348 g/mol. The first-order valence-corrected chi connectivity index (χ1v) is 9.33. The van der Waals surface area contributed by atoms with Crippen molar-refractivity contribution in [3.8, 4) is 11.1 Å². The Morgan fingerprint density at radius 2 is 2.04 bits per heavy atom. The van der Waals surface area contributed by atoms with Crippen LogP contribution in [0.3, 0.4) is 0 Å². The molecule has 1 aromatic carbocycles. The Hall–Kier alpha value is -2.66. The topological polar surface area (TPSA) is 61.0 Å². The second kappa shape index (κ2) is 7.70. The van der Waals surface area contributed by atoms with E-state index < -0.39 is 0 Å². The van der Waals surface area contributed by atoms with Gasteiger partial charge in [-0.2, -0.15) is 0 Å². The number of fused-ring (bicyclic) bond motifs is 1. The molecule has 5 nitrogen and oxygen atoms in total. The lowest BCUT2D eigenvalue weighted by molar-refractivity contribution is -0.116. The predicted octanol–water partition coefficient (Wildman–Crippen LogP) is 4.04. The molecule has 0 unspecified atom stereocenters. The van der Waals surface area contributed by atoms with Crippen LogP contribution in [0.15, 0.2) is 48.9 Å². The first-order valence-electron chi connectivity index (χ1n) is 9.33. The van der Waals surface area contributed by atoms with E-state index in [4.69, 9.17) is 0 Å². The number of aromatic nitrogens is 2. The second-order valence-corrected chi connectivity index (χ2v) is 6.91. The van der Waals surface area contributed by atoms with Crippen LogP contribution in [0.25, 0.3) is 22.0 Å². The summed E-state index contributed by atoms with van der Waals surface area (Å²) in [5.41, 5.74) is 3.96. The first-order chi connectivity index (χ1) is 12.8. The van der Waals surface area contributed by atoms with Crippen LogP contribution in [0.5, 0.6) is 0 Å². The van der Waals surface area contributed by atoms with Gasteiger partial charge in [0.1, 0.15) is 0 Å². The minimum absolute atomic E-state index is 0.0503. The summed E-state index contributed by atoms with van der Waals surface area (Å²) in [6.07, 6.45) is 9.82. The standard InChI is InChI=1S/C21H24N4O/c26-21(8-12-25-10-2-1-3-11-25)24-17-13-16(14-22-15-17)18-5-4-6-20-19(18)7-9-23-20/h4-7,9,13-15,23H,1-3,8,10-12H2,(H,24,26). The van der Waals surface area contributed by atoms with Crippen molar-refractivity contribution in [1.29, 1.82) is 0 Å². The van der Waals surface area contributed by atoms with Crippen molar-refractivity contribution in [2.75, 3.05) is 25.0 Å². The fourth-order valence-corrected chi connectivity index (χ4v) is 3.66. The van der Waals surface area contributed by atoms with Crippen LogP contribution in [0.1, 0.15) is 25.7 Å². The molecule has 3 aromatic rings. The van der Waals surface area contributed by atoms with Gasteiger partial charge in [0.15, 0.2) is 0 Å². The maximum atomic E-state index is 12.3. The van der Waals surface area contributed by atoms with E-state index in [1.165, 1.54) is 19.3 Å². The number of pyridine rings is 1. The van der Waals surface area contributed by atoms with Crippen LogP contribution < -0.4 is 5.32 Å². The zero-order chi connectivity index (χ0) is 17.8. The van der Waals surface area contributed by atoms with Crippen molar-refractivity contribution in [3.63, 3.8) is 0 Å². The lowest BCUT2D eigenvalue weighted by atomic mass is 10.0. The van der Waals surface area contributed by atoms with Crippen molar-refractivity contribution in [2.45, 2.75) is 25.7 Å². The summed E-state index contributed by atoms with van der Waals surface area (Å²) in [5, 5.41) is 4.15. The molecule has 0 aliphatic carbocycles. The van der Waals surface area contributed by atoms with Gasteiger partial charge in [-0.25, -0.2) is 0 Å². The third kappa shape index (κ3) is 3.78. The molecule has 1 fully saturated rings. The van der Waals surface area contributed by atoms with Gasteiger partial charge < -0.3 is 15.2 Å². The zero-order valence-corrected chi connectivity index (χ0v) is 14.9. The highest BCUT2D eigenvalue weighted by molar-refractivity contribution is 5.96. The molecule has 1 aliphatic heterocycles. The number of likely N-dealkylation sites (tertiary alicyclic amines) is 1. The summed E-state index contributed by atoms with van der Waals surface area (Å²) < 4.78 is 0. The van der Waals surface area contributed by atoms with Crippen LogP contribution in [0, 0.1) is 0 Å². The molecule has 1 saturated heterocycles. The number of anilines is 1. The summed E-state index contributed by atoms with van der Waals surface area (Å²) >= 11 is 0. The molecule has 5 heteroatoms. The summed E-state index contributed by atoms with van der Waals surface area (Å²) in [7, 11) is 0. The van der Waals surface area contributed by atoms with Crippen molar-refractivity contribution in [1.82, 2.24) is 14.9 Å². The normalized spacial score (nSPS) is 15.2. The van der Waals surface area contributed by atoms with Crippen molar-refractivity contribution >= 4 is 22.5 Å². The number of hydrogen-bond donors (Lipinski definition) is 2. The molecule has 1 amide bonds. The monoisotopic (exact) mass is 348 g/mol. The molecule has 134 valence electrons. The van der Waals surface area contributed by atoms with E-state index in [0.717, 1.165) is 47.4 Å². The molecule has 26 heavy (non-hydrogen) atoms. The van der Waals surface area contributed by atoms with Gasteiger partial charge in [0, 0.05) is 41.8 Å². The SMILES string of the molecule is O=C(CCN1CCCCC1)Nc1cncc(-c2cccc3[nH]ccc23)c1. The smallest absolute Gasteiger partial charge is 0.225 e. The molecule has 0 atom stereocenters. The van der Waals surface area contributed by atoms with Crippen molar-refractivity contribution < 1.29 is 4.79 Å². The maximum absolute atomic E-state index is 12.3. The quantitative estimate of drug-likeness (QED) is 0.731. The lowest BCUT2D eigenvalue weighted by Crippen LogP contribution is -2.32. The van der Waals surface area contributed by atoms with Gasteiger partial charge in [-0.15, -0.1) is 0 Å². The second-order valence-electron chi connectivity index (χ2n) is 6.91. The Bertz CT molecular complexity index is 896. The summed E-state index contributed by atoms with van der Waals surface area (Å²) in [5.74, 6) is 0.0503. The minimum Gasteiger partial charge on any atom is -0.361 e. The number of benzene rings is 1. The van der Waals surface area contributed by atoms with Gasteiger partial charge in [-0.05, 0) is 49.7 Å². The number of nitrogens with one attached hydrogen (secondary N) is 2. The molecule has 1 aliphatic rings. The summed E-state index contributed by atoms with van der Waals surface area (Å²) in [4.78, 5) is 22.2. The zero-order valence-electron chi connectivity index (χ0n) is 14.9. The Morgan fingerprint density at radius 1 is 1.15 bits per heavy atom. The Balaban J connectivity index is 1.44. The predicted molar refractivity (Wildman–Crippen MR) is 105 cm³/mol. The Labute approximate surface area is 153 Å². The number of piperidine rings is 1. The van der Waals surface area contributed by atoms with Gasteiger partial charge in [0.2, 0.25) is 5.91 Å². The molecular formula is C21H24N4O. The number of H-pyrrole nitrogens is 1. The van der Waals surface area contributed by atoms with Crippen LogP contribution in [-0.2, 0) is 4.79 Å². The third-order valence-electron chi connectivity index (χ3n) is 5.03. The van der Waals surface area contributed by atoms with Gasteiger partial charge in [0.25, 0.3) is 0 Å². The van der Waals surface area contributed by atoms with E-state index in [0.29, 0.717) is 6.42 Å². The fraction of sp³-hybridized carbons (Fsp3) is 0.333. The van der Waals surface area contributed by atoms with Crippen molar-refractivity contribution in [2.24, 2.45) is 0 Å². The van der Waals surface area contributed by atoms with Gasteiger partial charge in [-0.1, -0.05) is 18.6 Å². The number of carbonyl (C=O) groups is 1. The molecule has 2 aromatic heterocycles. The van der Waals surface area contributed by atoms with E-state index in [1.54, 1.807) is 6.20 Å². The molecule has 0 radical (unpaired) electrons. The van der Waals surface area contributed by atoms with E-state index >= 15 is 0 Å². The first kappa shape index (κ1) is 16.8. The molecule has 3 heterocycles. The number of carbonyl (C=O) groups excluding carboxylic acids is 1. The summed E-state index contributed by atoms with van der Waals surface area (Å²) in [6, 6.07) is 10.2. The number of hydrogen-bond acceptors (Lipinski definition) is 3. The van der Waals surface area contributed by atoms with Crippen LogP contribution in [0.4, 0.5) is 5.69 Å². The minimum atomic E-state index is 0.0503. The fourth-order valence-electron chi connectivity index (χ4n) is 3.66. The maximum Gasteiger partial charge on any atom is 0.225 e. The largest absolute Gasteiger partial charge is 0.361 e. The number of amides is 1. The average Bonchev–Trinajstić information content (AvgIpc) is 3.16. The van der Waals surface area contributed by atoms with E-state index in [2.05, 4.69) is 38.4 Å². The lowest BCUT2D eigenvalue weighted by Gasteiger charge is -2.25. The van der Waals surface area contributed by atoms with E-state index in [-0.39, 0.29) is 5.91 Å². The van der Waals surface area contributed by atoms with Gasteiger partial charge in [-0.3, -0.25) is 9.78 Å². The summed E-state index contributed by atoms with van der Waals surface area (Å²) in [6.45, 7) is 3.07. The molecule has 0 bridgehead atoms. The Kier molecular flexibility index (Phi) is 4.97. The molecule has 2 N–H and O–H groups in total. The molecule has 0 saturated carbocycles. The number of rotatable bonds is 5. The van der Waals surface area contributed by atoms with Gasteiger partial charge in [0.05, 0.1) is 11.9 Å². The van der Waals surface area contributed by atoms with Crippen molar-refractivity contribution in [3.05, 3.63) is 48.9 Å². The molecular weight excluding hydrogens is 324 g/mol. The highest BCUT2D eigenvalue weighted by Crippen LogP contribution is 2.29. The Morgan fingerprint density at radius 3 is 2.92 bits per heavy atom. The molecule has 0 spiro atoms. The van der Waals surface area contributed by atoms with Crippen LogP contribution in [0.2, 0.25) is 0 Å². The third-order valence-corrected chi connectivity index (χ3v) is 5.03.